The van der Waals surface area contributed by atoms with Crippen molar-refractivity contribution in [3.8, 4) is 0 Å². The topological polar surface area (TPSA) is 32.3 Å². The highest BCUT2D eigenvalue weighted by molar-refractivity contribution is 4.75. The highest BCUT2D eigenvalue weighted by atomic mass is 16.5. The minimum Gasteiger partial charge on any atom is -0.317 e. The fourth-order valence-electron chi connectivity index (χ4n) is 1.29. The molecule has 0 heterocycles. The quantitative estimate of drug-likeness (QED) is 0.581. The molecule has 0 saturated carbocycles. The van der Waals surface area contributed by atoms with Crippen LogP contribution in [0, 0.1) is 5.41 Å². The maximum Gasteiger partial charge on any atom is 0.0263 e. The Bertz CT molecular complexity index is 71.1. The van der Waals surface area contributed by atoms with Crippen LogP contribution in [-0.4, -0.2) is 11.8 Å². The molecule has 10 heavy (non-hydrogen) atoms. The molecule has 0 bridgehead atoms. The van der Waals surface area contributed by atoms with Crippen molar-refractivity contribution >= 4 is 0 Å². The zero-order valence-corrected chi connectivity index (χ0v) is 7.28. The molecule has 0 fully saturated rings. The van der Waals surface area contributed by atoms with Crippen LogP contribution in [0.25, 0.3) is 0 Å². The van der Waals surface area contributed by atoms with Crippen molar-refractivity contribution < 1.29 is 5.21 Å². The van der Waals surface area contributed by atoms with E-state index in [4.69, 9.17) is 5.21 Å². The van der Waals surface area contributed by atoms with Crippen molar-refractivity contribution in [3.05, 3.63) is 0 Å². The third kappa shape index (κ3) is 2.27. The van der Waals surface area contributed by atoms with Crippen molar-refractivity contribution in [2.24, 2.45) is 5.41 Å². The van der Waals surface area contributed by atoms with Crippen molar-refractivity contribution in [2.45, 2.75) is 40.0 Å². The molecule has 0 aromatic rings. The first-order valence-corrected chi connectivity index (χ1v) is 4.11. The maximum absolute atomic E-state index is 8.55. The van der Waals surface area contributed by atoms with Crippen molar-refractivity contribution in [3.63, 3.8) is 0 Å². The molecule has 62 valence electrons. The highest BCUT2D eigenvalue weighted by Gasteiger charge is 2.22. The Labute approximate surface area is 63.6 Å². The van der Waals surface area contributed by atoms with E-state index in [0.717, 1.165) is 25.8 Å². The molecule has 0 aromatic heterocycles. The summed E-state index contributed by atoms with van der Waals surface area (Å²) in [5.74, 6) is 0. The molecule has 2 N–H and O–H groups in total. The van der Waals surface area contributed by atoms with Gasteiger partial charge in [-0.2, -0.15) is 0 Å². The summed E-state index contributed by atoms with van der Waals surface area (Å²) in [7, 11) is 0. The molecule has 0 aliphatic carbocycles. The molecule has 2 nitrogen and oxygen atoms in total. The molecular weight excluding hydrogens is 126 g/mol. The fourth-order valence-corrected chi connectivity index (χ4v) is 1.29. The minimum atomic E-state index is 0.314. The number of rotatable bonds is 5. The van der Waals surface area contributed by atoms with Gasteiger partial charge in [0, 0.05) is 6.54 Å². The van der Waals surface area contributed by atoms with Crippen LogP contribution in [0.4, 0.5) is 0 Å². The summed E-state index contributed by atoms with van der Waals surface area (Å²) in [5, 5.41) is 8.55. The summed E-state index contributed by atoms with van der Waals surface area (Å²) in [6.45, 7) is 7.23. The Kier molecular flexibility index (Phi) is 4.65. The van der Waals surface area contributed by atoms with E-state index in [9.17, 15) is 0 Å². The second-order valence-corrected chi connectivity index (χ2v) is 2.90. The van der Waals surface area contributed by atoms with Gasteiger partial charge in [-0.25, -0.2) is 5.48 Å². The lowest BCUT2D eigenvalue weighted by atomic mass is 9.80. The van der Waals surface area contributed by atoms with Gasteiger partial charge in [0.25, 0.3) is 0 Å². The van der Waals surface area contributed by atoms with Gasteiger partial charge in [0.15, 0.2) is 0 Å². The molecule has 0 atom stereocenters. The highest BCUT2D eigenvalue weighted by Crippen LogP contribution is 2.28. The summed E-state index contributed by atoms with van der Waals surface area (Å²) in [4.78, 5) is 0. The first-order chi connectivity index (χ1) is 4.74. The zero-order valence-electron chi connectivity index (χ0n) is 7.28. The Balaban J connectivity index is 3.87. The Hall–Kier alpha value is -0.0800. The second kappa shape index (κ2) is 4.69. The van der Waals surface area contributed by atoms with E-state index in [1.54, 1.807) is 0 Å². The van der Waals surface area contributed by atoms with Crippen LogP contribution in [0.3, 0.4) is 0 Å². The maximum atomic E-state index is 8.55. The lowest BCUT2D eigenvalue weighted by Gasteiger charge is -2.29. The van der Waals surface area contributed by atoms with Gasteiger partial charge < -0.3 is 5.21 Å². The molecule has 0 radical (unpaired) electrons. The van der Waals surface area contributed by atoms with Crippen LogP contribution in [0.1, 0.15) is 40.0 Å². The number of hydroxylamine groups is 1. The Morgan fingerprint density at radius 1 is 1.10 bits per heavy atom. The van der Waals surface area contributed by atoms with Crippen LogP contribution < -0.4 is 5.48 Å². The third-order valence-electron chi connectivity index (χ3n) is 2.70. The summed E-state index contributed by atoms with van der Waals surface area (Å²) in [5.41, 5.74) is 2.58. The molecule has 0 unspecified atom stereocenters. The van der Waals surface area contributed by atoms with Crippen molar-refractivity contribution in [2.75, 3.05) is 6.54 Å². The molecule has 2 heteroatoms. The SMILES string of the molecule is CCC(CC)(CC)CNO. The van der Waals surface area contributed by atoms with Gasteiger partial charge in [0.2, 0.25) is 0 Å². The number of hydrogen-bond acceptors (Lipinski definition) is 2. The lowest BCUT2D eigenvalue weighted by molar-refractivity contribution is 0.100. The zero-order chi connectivity index (χ0) is 8.04. The first-order valence-electron chi connectivity index (χ1n) is 4.11. The van der Waals surface area contributed by atoms with Gasteiger partial charge in [-0.3, -0.25) is 0 Å². The Morgan fingerprint density at radius 2 is 1.50 bits per heavy atom. The average molecular weight is 145 g/mol. The summed E-state index contributed by atoms with van der Waals surface area (Å²) in [6, 6.07) is 0. The molecule has 0 rings (SSSR count). The average Bonchev–Trinajstić information content (AvgIpc) is 2.01. The molecule has 0 aliphatic rings. The van der Waals surface area contributed by atoms with Crippen molar-refractivity contribution in [1.82, 2.24) is 5.48 Å². The second-order valence-electron chi connectivity index (χ2n) is 2.90. The normalized spacial score (nSPS) is 12.0. The molecular formula is C8H19NO. The largest absolute Gasteiger partial charge is 0.317 e. The number of hydrogen-bond donors (Lipinski definition) is 2. The molecule has 0 amide bonds. The first kappa shape index (κ1) is 9.92. The van der Waals surface area contributed by atoms with Crippen LogP contribution in [-0.2, 0) is 0 Å². The van der Waals surface area contributed by atoms with Gasteiger partial charge in [-0.1, -0.05) is 20.8 Å². The van der Waals surface area contributed by atoms with Gasteiger partial charge in [0.1, 0.15) is 0 Å². The van der Waals surface area contributed by atoms with E-state index in [0.29, 0.717) is 5.41 Å². The van der Waals surface area contributed by atoms with Crippen molar-refractivity contribution in [1.29, 1.82) is 0 Å². The predicted octanol–water partition coefficient (Wildman–Crippen LogP) is 2.18. The van der Waals surface area contributed by atoms with Crippen LogP contribution >= 0.6 is 0 Å². The molecule has 0 spiro atoms. The van der Waals surface area contributed by atoms with Gasteiger partial charge >= 0.3 is 0 Å². The Morgan fingerprint density at radius 3 is 1.60 bits per heavy atom. The summed E-state index contributed by atoms with van der Waals surface area (Å²) < 4.78 is 0. The standard InChI is InChI=1S/C8H19NO/c1-4-8(5-2,6-3)7-9-10/h9-10H,4-7H2,1-3H3. The van der Waals surface area contributed by atoms with E-state index in [2.05, 4.69) is 26.3 Å². The third-order valence-corrected chi connectivity index (χ3v) is 2.70. The molecule has 0 aromatic carbocycles. The fraction of sp³-hybridized carbons (Fsp3) is 1.00. The van der Waals surface area contributed by atoms with Crippen LogP contribution in [0.2, 0.25) is 0 Å². The van der Waals surface area contributed by atoms with E-state index < -0.39 is 0 Å². The summed E-state index contributed by atoms with van der Waals surface area (Å²) >= 11 is 0. The van der Waals surface area contributed by atoms with Gasteiger partial charge in [-0.15, -0.1) is 0 Å². The minimum absolute atomic E-state index is 0.314. The van der Waals surface area contributed by atoms with E-state index >= 15 is 0 Å². The monoisotopic (exact) mass is 145 g/mol. The predicted molar refractivity (Wildman–Crippen MR) is 43.1 cm³/mol. The summed E-state index contributed by atoms with van der Waals surface area (Å²) in [6.07, 6.45) is 3.40. The smallest absolute Gasteiger partial charge is 0.0263 e. The van der Waals surface area contributed by atoms with E-state index in [-0.39, 0.29) is 0 Å². The van der Waals surface area contributed by atoms with Gasteiger partial charge in [-0.05, 0) is 24.7 Å². The van der Waals surface area contributed by atoms with E-state index in [1.807, 2.05) is 0 Å². The molecule has 0 aliphatic heterocycles. The van der Waals surface area contributed by atoms with Gasteiger partial charge in [0.05, 0.1) is 0 Å². The van der Waals surface area contributed by atoms with Crippen LogP contribution in [0.15, 0.2) is 0 Å². The van der Waals surface area contributed by atoms with Crippen LogP contribution in [0.5, 0.6) is 0 Å². The molecule has 0 saturated heterocycles. The lowest BCUT2D eigenvalue weighted by Crippen LogP contribution is -2.31. The number of nitrogens with one attached hydrogen (secondary N) is 1. The van der Waals surface area contributed by atoms with E-state index in [1.165, 1.54) is 0 Å².